The number of hydrogen-bond donors (Lipinski definition) is 1. The monoisotopic (exact) mass is 469 g/mol. The third kappa shape index (κ3) is 4.34. The average molecular weight is 470 g/mol. The second-order valence-corrected chi connectivity index (χ2v) is 11.9. The van der Waals surface area contributed by atoms with Gasteiger partial charge >= 0.3 is 0 Å². The number of carbonyl (C=O) groups is 1. The van der Waals surface area contributed by atoms with E-state index in [1.165, 1.54) is 4.31 Å². The van der Waals surface area contributed by atoms with Gasteiger partial charge in [-0.2, -0.15) is 5.10 Å². The molecule has 3 heterocycles. The number of anilines is 2. The number of amides is 1. The van der Waals surface area contributed by atoms with Crippen LogP contribution in [0.1, 0.15) is 68.7 Å². The summed E-state index contributed by atoms with van der Waals surface area (Å²) in [6.45, 7) is 12.6. The van der Waals surface area contributed by atoms with Crippen molar-refractivity contribution in [1.82, 2.24) is 14.8 Å². The lowest BCUT2D eigenvalue weighted by Crippen LogP contribution is -2.25. The third-order valence-corrected chi connectivity index (χ3v) is 7.66. The van der Waals surface area contributed by atoms with Crippen molar-refractivity contribution in [2.75, 3.05) is 21.9 Å². The number of nitrogens with one attached hydrogen (secondary N) is 1. The molecule has 0 aliphatic carbocycles. The summed E-state index contributed by atoms with van der Waals surface area (Å²) in [4.78, 5) is 18.3. The number of rotatable bonds is 4. The van der Waals surface area contributed by atoms with Crippen LogP contribution in [-0.4, -0.2) is 41.4 Å². The summed E-state index contributed by atoms with van der Waals surface area (Å²) in [6, 6.07) is 8.80. The van der Waals surface area contributed by atoms with Crippen LogP contribution in [0, 0.1) is 6.92 Å². The van der Waals surface area contributed by atoms with Crippen molar-refractivity contribution in [1.29, 1.82) is 0 Å². The fraction of sp³-hybridized carbons (Fsp3) is 0.458. The van der Waals surface area contributed by atoms with Crippen LogP contribution in [0.4, 0.5) is 11.4 Å². The van der Waals surface area contributed by atoms with E-state index in [9.17, 15) is 13.2 Å². The predicted molar refractivity (Wildman–Crippen MR) is 131 cm³/mol. The molecule has 0 radical (unpaired) electrons. The Hall–Kier alpha value is -2.94. The standard InChI is InChI=1S/C24H31N5O3S/c1-15(2)20-14-19(21-16(3)27-29(22(21)26-20)24(4,5)6)23(30)25-17-9-7-10-18(13-17)28-11-8-12-33(28,31)32/h7,9-10,13-15H,8,11-12H2,1-6H3,(H,25,30). The number of aromatic nitrogens is 3. The molecule has 1 saturated heterocycles. The zero-order valence-corrected chi connectivity index (χ0v) is 20.8. The molecule has 33 heavy (non-hydrogen) atoms. The van der Waals surface area contributed by atoms with Crippen LogP contribution in [0.3, 0.4) is 0 Å². The van der Waals surface area contributed by atoms with Crippen molar-refractivity contribution < 1.29 is 13.2 Å². The van der Waals surface area contributed by atoms with E-state index >= 15 is 0 Å². The number of benzene rings is 1. The number of carbonyl (C=O) groups excluding carboxylic acids is 1. The molecule has 1 N–H and O–H groups in total. The number of sulfonamides is 1. The molecule has 3 aromatic rings. The normalized spacial score (nSPS) is 16.0. The highest BCUT2D eigenvalue weighted by Crippen LogP contribution is 2.30. The number of nitrogens with zero attached hydrogens (tertiary/aromatic N) is 4. The van der Waals surface area contributed by atoms with Gasteiger partial charge in [-0.05, 0) is 64.3 Å². The first-order valence-electron chi connectivity index (χ1n) is 11.2. The molecule has 0 atom stereocenters. The molecule has 1 aliphatic heterocycles. The van der Waals surface area contributed by atoms with E-state index in [2.05, 4.69) is 26.1 Å². The van der Waals surface area contributed by atoms with Gasteiger partial charge in [0.25, 0.3) is 5.91 Å². The maximum Gasteiger partial charge on any atom is 0.256 e. The molecule has 4 rings (SSSR count). The fourth-order valence-corrected chi connectivity index (χ4v) is 5.67. The molecule has 1 fully saturated rings. The van der Waals surface area contributed by atoms with Crippen LogP contribution in [-0.2, 0) is 15.6 Å². The van der Waals surface area contributed by atoms with Gasteiger partial charge in [-0.1, -0.05) is 19.9 Å². The molecule has 0 bridgehead atoms. The van der Waals surface area contributed by atoms with Crippen LogP contribution in [0.2, 0.25) is 0 Å². The van der Waals surface area contributed by atoms with Crippen LogP contribution in [0.5, 0.6) is 0 Å². The number of aryl methyl sites for hydroxylation is 1. The molecule has 176 valence electrons. The lowest BCUT2D eigenvalue weighted by Gasteiger charge is -2.20. The van der Waals surface area contributed by atoms with Gasteiger partial charge in [0.05, 0.1) is 33.6 Å². The van der Waals surface area contributed by atoms with Crippen molar-refractivity contribution in [2.24, 2.45) is 0 Å². The summed E-state index contributed by atoms with van der Waals surface area (Å²) >= 11 is 0. The zero-order chi connectivity index (χ0) is 24.1. The smallest absolute Gasteiger partial charge is 0.256 e. The summed E-state index contributed by atoms with van der Waals surface area (Å²) in [7, 11) is -3.30. The molecular formula is C24H31N5O3S. The Bertz CT molecular complexity index is 1340. The highest BCUT2D eigenvalue weighted by Gasteiger charge is 2.29. The van der Waals surface area contributed by atoms with Crippen molar-refractivity contribution in [3.8, 4) is 0 Å². The highest BCUT2D eigenvalue weighted by atomic mass is 32.2. The molecule has 1 amide bonds. The van der Waals surface area contributed by atoms with Crippen molar-refractivity contribution >= 4 is 38.3 Å². The number of pyridine rings is 1. The Labute approximate surface area is 195 Å². The molecule has 2 aromatic heterocycles. The van der Waals surface area contributed by atoms with E-state index in [1.54, 1.807) is 24.3 Å². The van der Waals surface area contributed by atoms with E-state index in [4.69, 9.17) is 10.1 Å². The number of fused-ring (bicyclic) bond motifs is 1. The van der Waals surface area contributed by atoms with Crippen LogP contribution in [0.25, 0.3) is 11.0 Å². The molecule has 0 unspecified atom stereocenters. The van der Waals surface area contributed by atoms with Crippen molar-refractivity contribution in [2.45, 2.75) is 59.4 Å². The van der Waals surface area contributed by atoms with Gasteiger partial charge in [0, 0.05) is 17.9 Å². The maximum absolute atomic E-state index is 13.5. The Morgan fingerprint density at radius 2 is 1.91 bits per heavy atom. The average Bonchev–Trinajstić information content (AvgIpc) is 3.26. The Kier molecular flexibility index (Phi) is 5.72. The minimum absolute atomic E-state index is 0.133. The highest BCUT2D eigenvalue weighted by molar-refractivity contribution is 7.93. The molecule has 9 heteroatoms. The van der Waals surface area contributed by atoms with Crippen LogP contribution < -0.4 is 9.62 Å². The van der Waals surface area contributed by atoms with Gasteiger partial charge in [0.2, 0.25) is 10.0 Å². The molecule has 0 saturated carbocycles. The Balaban J connectivity index is 1.76. The zero-order valence-electron chi connectivity index (χ0n) is 20.0. The Morgan fingerprint density at radius 1 is 1.18 bits per heavy atom. The fourth-order valence-electron chi connectivity index (χ4n) is 4.12. The molecular weight excluding hydrogens is 438 g/mol. The molecule has 8 nitrogen and oxygen atoms in total. The first-order chi connectivity index (χ1) is 15.4. The topological polar surface area (TPSA) is 97.2 Å². The summed E-state index contributed by atoms with van der Waals surface area (Å²) < 4.78 is 27.9. The van der Waals surface area contributed by atoms with Gasteiger partial charge in [-0.3, -0.25) is 9.10 Å². The Morgan fingerprint density at radius 3 is 2.52 bits per heavy atom. The quantitative estimate of drug-likeness (QED) is 0.610. The minimum atomic E-state index is -3.30. The first-order valence-corrected chi connectivity index (χ1v) is 12.8. The minimum Gasteiger partial charge on any atom is -0.322 e. The van der Waals surface area contributed by atoms with Crippen LogP contribution in [0.15, 0.2) is 30.3 Å². The summed E-state index contributed by atoms with van der Waals surface area (Å²) in [5.74, 6) is 0.00344. The van der Waals surface area contributed by atoms with Gasteiger partial charge in [0.15, 0.2) is 5.65 Å². The molecule has 1 aromatic carbocycles. The van der Waals surface area contributed by atoms with Gasteiger partial charge < -0.3 is 5.32 Å². The first kappa shape index (κ1) is 23.2. The number of hydrogen-bond acceptors (Lipinski definition) is 5. The van der Waals surface area contributed by atoms with E-state index in [0.29, 0.717) is 35.6 Å². The van der Waals surface area contributed by atoms with E-state index < -0.39 is 10.0 Å². The summed E-state index contributed by atoms with van der Waals surface area (Å²) in [5, 5.41) is 8.38. The lowest BCUT2D eigenvalue weighted by molar-refractivity contribution is 0.102. The van der Waals surface area contributed by atoms with Gasteiger partial charge in [-0.15, -0.1) is 0 Å². The lowest BCUT2D eigenvalue weighted by atomic mass is 10.0. The second kappa shape index (κ2) is 8.13. The van der Waals surface area contributed by atoms with Gasteiger partial charge in [0.1, 0.15) is 0 Å². The van der Waals surface area contributed by atoms with E-state index in [-0.39, 0.29) is 23.1 Å². The van der Waals surface area contributed by atoms with Crippen LogP contribution >= 0.6 is 0 Å². The van der Waals surface area contributed by atoms with E-state index in [0.717, 1.165) is 16.8 Å². The molecule has 0 spiro atoms. The summed E-state index contributed by atoms with van der Waals surface area (Å²) in [5.41, 5.74) is 3.56. The second-order valence-electron chi connectivity index (χ2n) is 9.86. The third-order valence-electron chi connectivity index (χ3n) is 5.80. The van der Waals surface area contributed by atoms with E-state index in [1.807, 2.05) is 31.5 Å². The van der Waals surface area contributed by atoms with Crippen molar-refractivity contribution in [3.63, 3.8) is 0 Å². The SMILES string of the molecule is Cc1nn(C(C)(C)C)c2nc(C(C)C)cc(C(=O)Nc3cccc(N4CCCS4(=O)=O)c3)c12. The van der Waals surface area contributed by atoms with Gasteiger partial charge in [-0.25, -0.2) is 18.1 Å². The summed E-state index contributed by atoms with van der Waals surface area (Å²) in [6.07, 6.45) is 0.600. The molecule has 1 aliphatic rings. The largest absolute Gasteiger partial charge is 0.322 e. The van der Waals surface area contributed by atoms with Crippen molar-refractivity contribution in [3.05, 3.63) is 47.3 Å². The maximum atomic E-state index is 13.5. The predicted octanol–water partition coefficient (Wildman–Crippen LogP) is 4.41.